The lowest BCUT2D eigenvalue weighted by Gasteiger charge is -2.17. The Balaban J connectivity index is 1.60. The maximum absolute atomic E-state index is 12.8. The van der Waals surface area contributed by atoms with Gasteiger partial charge in [0.1, 0.15) is 11.5 Å². The fourth-order valence-corrected chi connectivity index (χ4v) is 3.04. The molecule has 0 aliphatic carbocycles. The van der Waals surface area contributed by atoms with E-state index < -0.39 is 0 Å². The summed E-state index contributed by atoms with van der Waals surface area (Å²) in [7, 11) is 1.85. The van der Waals surface area contributed by atoms with Crippen molar-refractivity contribution in [3.63, 3.8) is 0 Å². The Labute approximate surface area is 154 Å². The van der Waals surface area contributed by atoms with Gasteiger partial charge >= 0.3 is 0 Å². The monoisotopic (exact) mass is 353 g/mol. The Morgan fingerprint density at radius 2 is 2.08 bits per heavy atom. The van der Waals surface area contributed by atoms with Gasteiger partial charge < -0.3 is 9.88 Å². The number of imidazole rings is 1. The standard InChI is InChI=1S/C20H27N5O/c1-5-25-18(13-17(23-25)14(2)3)20(26)24(4)12-8-11-19-21-15-9-6-7-10-16(15)22-19/h6-7,9-10,13-14H,5,8,11-12H2,1-4H3,(H,21,22). The minimum Gasteiger partial charge on any atom is -0.342 e. The van der Waals surface area contributed by atoms with E-state index in [1.807, 2.05) is 44.3 Å². The average Bonchev–Trinajstić information content (AvgIpc) is 3.24. The van der Waals surface area contributed by atoms with E-state index in [4.69, 9.17) is 0 Å². The van der Waals surface area contributed by atoms with Crippen molar-refractivity contribution < 1.29 is 4.79 Å². The first-order valence-corrected chi connectivity index (χ1v) is 9.26. The first-order valence-electron chi connectivity index (χ1n) is 9.26. The van der Waals surface area contributed by atoms with E-state index in [2.05, 4.69) is 28.9 Å². The molecule has 3 aromatic rings. The molecular formula is C20H27N5O. The summed E-state index contributed by atoms with van der Waals surface area (Å²) < 4.78 is 1.80. The fourth-order valence-electron chi connectivity index (χ4n) is 3.04. The largest absolute Gasteiger partial charge is 0.342 e. The molecule has 0 saturated heterocycles. The quantitative estimate of drug-likeness (QED) is 0.705. The molecule has 0 bridgehead atoms. The molecule has 26 heavy (non-hydrogen) atoms. The number of hydrogen-bond donors (Lipinski definition) is 1. The maximum atomic E-state index is 12.8. The van der Waals surface area contributed by atoms with Gasteiger partial charge in [-0.2, -0.15) is 5.10 Å². The van der Waals surface area contributed by atoms with Crippen LogP contribution in [0.15, 0.2) is 30.3 Å². The summed E-state index contributed by atoms with van der Waals surface area (Å²) in [5, 5.41) is 4.54. The third-order valence-corrected chi connectivity index (χ3v) is 4.60. The van der Waals surface area contributed by atoms with E-state index in [0.29, 0.717) is 24.7 Å². The van der Waals surface area contributed by atoms with Gasteiger partial charge in [0.05, 0.1) is 16.7 Å². The smallest absolute Gasteiger partial charge is 0.271 e. The second-order valence-corrected chi connectivity index (χ2v) is 6.96. The number of aromatic nitrogens is 4. The van der Waals surface area contributed by atoms with Crippen molar-refractivity contribution in [2.45, 2.75) is 46.1 Å². The van der Waals surface area contributed by atoms with Crippen molar-refractivity contribution in [1.29, 1.82) is 0 Å². The summed E-state index contributed by atoms with van der Waals surface area (Å²) in [5.41, 5.74) is 3.67. The number of amides is 1. The SMILES string of the molecule is CCn1nc(C(C)C)cc1C(=O)N(C)CCCc1nc2ccccc2[nH]1. The zero-order valence-electron chi connectivity index (χ0n) is 16.0. The number of carbonyl (C=O) groups is 1. The molecule has 138 valence electrons. The number of rotatable bonds is 7. The number of H-pyrrole nitrogens is 1. The van der Waals surface area contributed by atoms with Crippen LogP contribution in [0, 0.1) is 0 Å². The van der Waals surface area contributed by atoms with E-state index in [0.717, 1.165) is 35.4 Å². The van der Waals surface area contributed by atoms with E-state index in [-0.39, 0.29) is 5.91 Å². The highest BCUT2D eigenvalue weighted by molar-refractivity contribution is 5.92. The Morgan fingerprint density at radius 3 is 2.77 bits per heavy atom. The highest BCUT2D eigenvalue weighted by Crippen LogP contribution is 2.16. The summed E-state index contributed by atoms with van der Waals surface area (Å²) in [6, 6.07) is 9.94. The van der Waals surface area contributed by atoms with Gasteiger partial charge in [-0.1, -0.05) is 26.0 Å². The fraction of sp³-hybridized carbons (Fsp3) is 0.450. The number of benzene rings is 1. The molecule has 6 nitrogen and oxygen atoms in total. The van der Waals surface area contributed by atoms with Crippen LogP contribution in [0.25, 0.3) is 11.0 Å². The van der Waals surface area contributed by atoms with Gasteiger partial charge in [-0.3, -0.25) is 9.48 Å². The highest BCUT2D eigenvalue weighted by atomic mass is 16.2. The van der Waals surface area contributed by atoms with Crippen LogP contribution >= 0.6 is 0 Å². The van der Waals surface area contributed by atoms with Crippen molar-refractivity contribution in [2.75, 3.05) is 13.6 Å². The second kappa shape index (κ2) is 7.72. The van der Waals surface area contributed by atoms with E-state index in [1.54, 1.807) is 9.58 Å². The van der Waals surface area contributed by atoms with Crippen molar-refractivity contribution in [2.24, 2.45) is 0 Å². The molecule has 0 atom stereocenters. The minimum atomic E-state index is 0.0239. The normalized spacial score (nSPS) is 11.4. The van der Waals surface area contributed by atoms with Crippen LogP contribution in [-0.4, -0.2) is 44.1 Å². The number of fused-ring (bicyclic) bond motifs is 1. The average molecular weight is 353 g/mol. The van der Waals surface area contributed by atoms with Crippen LogP contribution in [0.2, 0.25) is 0 Å². The molecule has 0 fully saturated rings. The van der Waals surface area contributed by atoms with E-state index in [9.17, 15) is 4.79 Å². The van der Waals surface area contributed by atoms with Crippen LogP contribution in [0.1, 0.15) is 55.1 Å². The number of aromatic amines is 1. The topological polar surface area (TPSA) is 66.8 Å². The second-order valence-electron chi connectivity index (χ2n) is 6.96. The summed E-state index contributed by atoms with van der Waals surface area (Å²) in [4.78, 5) is 22.5. The Kier molecular flexibility index (Phi) is 5.40. The number of nitrogens with one attached hydrogen (secondary N) is 1. The molecule has 3 rings (SSSR count). The van der Waals surface area contributed by atoms with Gasteiger partial charge in [0.15, 0.2) is 0 Å². The molecule has 0 unspecified atom stereocenters. The molecule has 6 heteroatoms. The molecule has 0 aliphatic rings. The molecule has 1 aromatic carbocycles. The van der Waals surface area contributed by atoms with Gasteiger partial charge in [-0.25, -0.2) is 4.98 Å². The number of hydrogen-bond acceptors (Lipinski definition) is 3. The Bertz CT molecular complexity index is 860. The lowest BCUT2D eigenvalue weighted by Crippen LogP contribution is -2.30. The molecule has 0 aliphatic heterocycles. The molecule has 2 aromatic heterocycles. The predicted octanol–water partition coefficient (Wildman–Crippen LogP) is 3.61. The zero-order chi connectivity index (χ0) is 18.7. The molecule has 1 amide bonds. The number of aryl methyl sites for hydroxylation is 2. The van der Waals surface area contributed by atoms with Gasteiger partial charge in [-0.15, -0.1) is 0 Å². The zero-order valence-corrected chi connectivity index (χ0v) is 16.0. The summed E-state index contributed by atoms with van der Waals surface area (Å²) >= 11 is 0. The summed E-state index contributed by atoms with van der Waals surface area (Å²) in [6.45, 7) is 7.57. The number of para-hydroxylation sites is 2. The highest BCUT2D eigenvalue weighted by Gasteiger charge is 2.19. The first-order chi connectivity index (χ1) is 12.5. The number of nitrogens with zero attached hydrogens (tertiary/aromatic N) is 4. The van der Waals surface area contributed by atoms with Crippen molar-refractivity contribution in [3.05, 3.63) is 47.5 Å². The van der Waals surface area contributed by atoms with E-state index in [1.165, 1.54) is 0 Å². The van der Waals surface area contributed by atoms with Crippen LogP contribution in [0.3, 0.4) is 0 Å². The van der Waals surface area contributed by atoms with Gasteiger partial charge in [-0.05, 0) is 37.5 Å². The molecule has 2 heterocycles. The van der Waals surface area contributed by atoms with Gasteiger partial charge in [0, 0.05) is 26.6 Å². The third kappa shape index (κ3) is 3.79. The van der Waals surface area contributed by atoms with Gasteiger partial charge in [0.25, 0.3) is 5.91 Å². The van der Waals surface area contributed by atoms with Crippen molar-refractivity contribution >= 4 is 16.9 Å². The Hall–Kier alpha value is -2.63. The molecule has 0 radical (unpaired) electrons. The lowest BCUT2D eigenvalue weighted by atomic mass is 10.1. The van der Waals surface area contributed by atoms with Crippen molar-refractivity contribution in [3.8, 4) is 0 Å². The Morgan fingerprint density at radius 1 is 1.31 bits per heavy atom. The third-order valence-electron chi connectivity index (χ3n) is 4.60. The van der Waals surface area contributed by atoms with Crippen LogP contribution < -0.4 is 0 Å². The molecule has 0 saturated carbocycles. The molecule has 1 N–H and O–H groups in total. The van der Waals surface area contributed by atoms with Gasteiger partial charge in [0.2, 0.25) is 0 Å². The van der Waals surface area contributed by atoms with Crippen LogP contribution in [0.4, 0.5) is 0 Å². The van der Waals surface area contributed by atoms with Crippen LogP contribution in [0.5, 0.6) is 0 Å². The predicted molar refractivity (Wildman–Crippen MR) is 103 cm³/mol. The minimum absolute atomic E-state index is 0.0239. The van der Waals surface area contributed by atoms with Crippen molar-refractivity contribution in [1.82, 2.24) is 24.6 Å². The maximum Gasteiger partial charge on any atom is 0.271 e. The summed E-state index contributed by atoms with van der Waals surface area (Å²) in [6.07, 6.45) is 1.68. The lowest BCUT2D eigenvalue weighted by molar-refractivity contribution is 0.0781. The van der Waals surface area contributed by atoms with Crippen LogP contribution in [-0.2, 0) is 13.0 Å². The molecular weight excluding hydrogens is 326 g/mol. The molecule has 0 spiro atoms. The van der Waals surface area contributed by atoms with E-state index >= 15 is 0 Å². The summed E-state index contributed by atoms with van der Waals surface area (Å²) in [5.74, 6) is 1.30. The first kappa shape index (κ1) is 18.2. The number of carbonyl (C=O) groups excluding carboxylic acids is 1.